The summed E-state index contributed by atoms with van der Waals surface area (Å²) in [6.45, 7) is 1.98. The van der Waals surface area contributed by atoms with Crippen molar-refractivity contribution in [3.05, 3.63) is 64.7 Å². The Balaban J connectivity index is 1.66. The van der Waals surface area contributed by atoms with Gasteiger partial charge in [-0.05, 0) is 36.3 Å². The van der Waals surface area contributed by atoms with Crippen LogP contribution in [-0.2, 0) is 9.53 Å². The predicted octanol–water partition coefficient (Wildman–Crippen LogP) is 4.39. The van der Waals surface area contributed by atoms with Crippen LogP contribution < -0.4 is 9.47 Å². The Labute approximate surface area is 139 Å². The van der Waals surface area contributed by atoms with Gasteiger partial charge in [0.05, 0.1) is 5.02 Å². The van der Waals surface area contributed by atoms with E-state index in [0.29, 0.717) is 16.5 Å². The molecule has 0 spiro atoms. The predicted molar refractivity (Wildman–Crippen MR) is 87.6 cm³/mol. The monoisotopic (exact) mass is 330 g/mol. The first-order valence-electron chi connectivity index (χ1n) is 7.16. The van der Waals surface area contributed by atoms with E-state index in [1.165, 1.54) is 6.08 Å². The quantitative estimate of drug-likeness (QED) is 0.616. The summed E-state index contributed by atoms with van der Waals surface area (Å²) < 4.78 is 15.9. The third kappa shape index (κ3) is 3.66. The van der Waals surface area contributed by atoms with E-state index in [1.807, 2.05) is 37.3 Å². The van der Waals surface area contributed by atoms with Gasteiger partial charge in [-0.3, -0.25) is 0 Å². The number of hydrogen-bond donors (Lipinski definition) is 0. The molecule has 2 aromatic rings. The lowest BCUT2D eigenvalue weighted by molar-refractivity contribution is -0.142. The lowest BCUT2D eigenvalue weighted by atomic mass is 10.1. The first-order chi connectivity index (χ1) is 11.1. The molecule has 23 heavy (non-hydrogen) atoms. The summed E-state index contributed by atoms with van der Waals surface area (Å²) in [5, 5.41) is 0.450. The molecule has 0 bridgehead atoms. The molecule has 0 saturated carbocycles. The van der Waals surface area contributed by atoms with Crippen LogP contribution in [0.25, 0.3) is 6.08 Å². The van der Waals surface area contributed by atoms with Crippen molar-refractivity contribution in [2.24, 2.45) is 0 Å². The summed E-state index contributed by atoms with van der Waals surface area (Å²) >= 11 is 6.10. The number of ether oxygens (including phenoxy) is 3. The van der Waals surface area contributed by atoms with Crippen LogP contribution >= 0.6 is 11.6 Å². The highest BCUT2D eigenvalue weighted by molar-refractivity contribution is 6.32. The molecule has 1 aliphatic rings. The highest BCUT2D eigenvalue weighted by atomic mass is 35.5. The molecule has 5 heteroatoms. The third-order valence-corrected chi connectivity index (χ3v) is 3.70. The first-order valence-corrected chi connectivity index (χ1v) is 7.54. The second-order valence-electron chi connectivity index (χ2n) is 5.06. The second-order valence-corrected chi connectivity index (χ2v) is 5.47. The van der Waals surface area contributed by atoms with Crippen LogP contribution in [0.4, 0.5) is 0 Å². The van der Waals surface area contributed by atoms with E-state index >= 15 is 0 Å². The maximum absolute atomic E-state index is 11.9. The summed E-state index contributed by atoms with van der Waals surface area (Å²) in [6, 6.07) is 13.0. The Kier molecular flexibility index (Phi) is 4.53. The topological polar surface area (TPSA) is 44.8 Å². The van der Waals surface area contributed by atoms with Gasteiger partial charge in [0.2, 0.25) is 6.79 Å². The van der Waals surface area contributed by atoms with Crippen LogP contribution in [0, 0.1) is 0 Å². The van der Waals surface area contributed by atoms with E-state index < -0.39 is 5.97 Å². The minimum atomic E-state index is -0.421. The number of carbonyl (C=O) groups excluding carboxylic acids is 1. The van der Waals surface area contributed by atoms with Crippen molar-refractivity contribution in [3.63, 3.8) is 0 Å². The molecule has 0 aliphatic carbocycles. The fraction of sp³-hybridized carbons (Fsp3) is 0.167. The van der Waals surface area contributed by atoms with Crippen molar-refractivity contribution in [1.82, 2.24) is 0 Å². The fourth-order valence-corrected chi connectivity index (χ4v) is 2.53. The normalized spacial score (nSPS) is 14.0. The van der Waals surface area contributed by atoms with Crippen LogP contribution in [0.3, 0.4) is 0 Å². The second kappa shape index (κ2) is 6.75. The SMILES string of the molecule is C[C@@H](OC(=O)/C=C/c1cc(Cl)c2c(c1)OCO2)c1ccccc1. The summed E-state index contributed by atoms with van der Waals surface area (Å²) in [4.78, 5) is 11.9. The maximum Gasteiger partial charge on any atom is 0.331 e. The van der Waals surface area contributed by atoms with Gasteiger partial charge in [-0.15, -0.1) is 0 Å². The van der Waals surface area contributed by atoms with Crippen molar-refractivity contribution in [2.75, 3.05) is 6.79 Å². The van der Waals surface area contributed by atoms with E-state index in [1.54, 1.807) is 18.2 Å². The fourth-order valence-electron chi connectivity index (χ4n) is 2.25. The molecular formula is C18H15ClO4. The van der Waals surface area contributed by atoms with E-state index in [0.717, 1.165) is 11.1 Å². The molecule has 0 N–H and O–H groups in total. The number of rotatable bonds is 4. The Morgan fingerprint density at radius 1 is 1.26 bits per heavy atom. The van der Waals surface area contributed by atoms with Crippen molar-refractivity contribution in [1.29, 1.82) is 0 Å². The van der Waals surface area contributed by atoms with E-state index in [9.17, 15) is 4.79 Å². The van der Waals surface area contributed by atoms with Crippen molar-refractivity contribution in [3.8, 4) is 11.5 Å². The molecule has 0 aromatic heterocycles. The van der Waals surface area contributed by atoms with Gasteiger partial charge in [0, 0.05) is 6.08 Å². The Morgan fingerprint density at radius 3 is 2.83 bits per heavy atom. The average molecular weight is 331 g/mol. The van der Waals surface area contributed by atoms with E-state index in [2.05, 4.69) is 0 Å². The molecule has 0 saturated heterocycles. The molecule has 0 fully saturated rings. The number of benzene rings is 2. The number of carbonyl (C=O) groups is 1. The smallest absolute Gasteiger partial charge is 0.331 e. The number of fused-ring (bicyclic) bond motifs is 1. The zero-order chi connectivity index (χ0) is 16.2. The minimum absolute atomic E-state index is 0.152. The lowest BCUT2D eigenvalue weighted by Crippen LogP contribution is -2.05. The van der Waals surface area contributed by atoms with Crippen LogP contribution in [-0.4, -0.2) is 12.8 Å². The van der Waals surface area contributed by atoms with Gasteiger partial charge in [-0.2, -0.15) is 0 Å². The molecule has 0 amide bonds. The maximum atomic E-state index is 11.9. The molecular weight excluding hydrogens is 316 g/mol. The minimum Gasteiger partial charge on any atom is -0.455 e. The Bertz CT molecular complexity index is 740. The van der Waals surface area contributed by atoms with Gasteiger partial charge in [0.15, 0.2) is 11.5 Å². The van der Waals surface area contributed by atoms with Gasteiger partial charge in [0.1, 0.15) is 6.10 Å². The number of esters is 1. The highest BCUT2D eigenvalue weighted by Crippen LogP contribution is 2.40. The third-order valence-electron chi connectivity index (χ3n) is 3.42. The van der Waals surface area contributed by atoms with Crippen LogP contribution in [0.2, 0.25) is 5.02 Å². The highest BCUT2D eigenvalue weighted by Gasteiger charge is 2.17. The van der Waals surface area contributed by atoms with Gasteiger partial charge < -0.3 is 14.2 Å². The molecule has 2 aromatic carbocycles. The standard InChI is InChI=1S/C18H15ClO4/c1-12(14-5-3-2-4-6-14)23-17(20)8-7-13-9-15(19)18-16(10-13)21-11-22-18/h2-10,12H,11H2,1H3/b8-7+/t12-/m1/s1. The zero-order valence-corrected chi connectivity index (χ0v) is 13.2. The molecule has 3 rings (SSSR count). The number of hydrogen-bond acceptors (Lipinski definition) is 4. The summed E-state index contributed by atoms with van der Waals surface area (Å²) in [6.07, 6.45) is 2.69. The molecule has 4 nitrogen and oxygen atoms in total. The van der Waals surface area contributed by atoms with Crippen LogP contribution in [0.1, 0.15) is 24.2 Å². The molecule has 0 radical (unpaired) electrons. The average Bonchev–Trinajstić information content (AvgIpc) is 3.03. The van der Waals surface area contributed by atoms with Crippen molar-refractivity contribution < 1.29 is 19.0 Å². The zero-order valence-electron chi connectivity index (χ0n) is 12.5. The van der Waals surface area contributed by atoms with Gasteiger partial charge in [-0.25, -0.2) is 4.79 Å². The lowest BCUT2D eigenvalue weighted by Gasteiger charge is -2.11. The molecule has 1 atom stereocenters. The summed E-state index contributed by atoms with van der Waals surface area (Å²) in [5.41, 5.74) is 1.68. The Hall–Kier alpha value is -2.46. The van der Waals surface area contributed by atoms with Crippen molar-refractivity contribution >= 4 is 23.6 Å². The molecule has 1 heterocycles. The van der Waals surface area contributed by atoms with Gasteiger partial charge >= 0.3 is 5.97 Å². The largest absolute Gasteiger partial charge is 0.455 e. The van der Waals surface area contributed by atoms with Crippen LogP contribution in [0.5, 0.6) is 11.5 Å². The molecule has 1 aliphatic heterocycles. The van der Waals surface area contributed by atoms with E-state index in [-0.39, 0.29) is 12.9 Å². The van der Waals surface area contributed by atoms with Gasteiger partial charge in [-0.1, -0.05) is 41.9 Å². The van der Waals surface area contributed by atoms with Crippen molar-refractivity contribution in [2.45, 2.75) is 13.0 Å². The Morgan fingerprint density at radius 2 is 2.04 bits per heavy atom. The molecule has 0 unspecified atom stereocenters. The van der Waals surface area contributed by atoms with Gasteiger partial charge in [0.25, 0.3) is 0 Å². The summed E-state index contributed by atoms with van der Waals surface area (Å²) in [5.74, 6) is 0.683. The number of halogens is 1. The summed E-state index contributed by atoms with van der Waals surface area (Å²) in [7, 11) is 0. The van der Waals surface area contributed by atoms with E-state index in [4.69, 9.17) is 25.8 Å². The molecule has 118 valence electrons. The van der Waals surface area contributed by atoms with Crippen LogP contribution in [0.15, 0.2) is 48.5 Å². The first kappa shape index (κ1) is 15.4.